The molecule has 0 aliphatic rings. The number of aryl methyl sites for hydroxylation is 3. The standard InChI is InChI=1S/C23H24O6/c1-12(2)21(23(25)26)28-16-6-7-18-19(11-16)27-15(5)22(20(18)24)29-17-9-13(3)8-14(4)10-17/h6-12,21H,1-5H3,(H,25,26). The van der Waals surface area contributed by atoms with E-state index in [0.29, 0.717) is 28.2 Å². The van der Waals surface area contributed by atoms with Gasteiger partial charge in [0.25, 0.3) is 0 Å². The first-order chi connectivity index (χ1) is 13.7. The van der Waals surface area contributed by atoms with Crippen molar-refractivity contribution in [3.63, 3.8) is 0 Å². The van der Waals surface area contributed by atoms with Crippen molar-refractivity contribution >= 4 is 16.9 Å². The van der Waals surface area contributed by atoms with E-state index in [9.17, 15) is 14.7 Å². The molecule has 6 heteroatoms. The fraction of sp³-hybridized carbons (Fsp3) is 0.304. The van der Waals surface area contributed by atoms with E-state index in [0.717, 1.165) is 11.1 Å². The average molecular weight is 396 g/mol. The zero-order valence-corrected chi connectivity index (χ0v) is 17.1. The van der Waals surface area contributed by atoms with Gasteiger partial charge in [-0.15, -0.1) is 0 Å². The van der Waals surface area contributed by atoms with Crippen LogP contribution >= 0.6 is 0 Å². The minimum atomic E-state index is -1.05. The van der Waals surface area contributed by atoms with Gasteiger partial charge in [0, 0.05) is 12.0 Å². The maximum Gasteiger partial charge on any atom is 0.345 e. The number of hydrogen-bond acceptors (Lipinski definition) is 5. The van der Waals surface area contributed by atoms with Gasteiger partial charge in [-0.25, -0.2) is 4.79 Å². The largest absolute Gasteiger partial charge is 0.478 e. The van der Waals surface area contributed by atoms with E-state index >= 15 is 0 Å². The van der Waals surface area contributed by atoms with E-state index in [-0.39, 0.29) is 17.1 Å². The fourth-order valence-electron chi connectivity index (χ4n) is 3.19. The van der Waals surface area contributed by atoms with Gasteiger partial charge in [0.05, 0.1) is 5.39 Å². The third-order valence-electron chi connectivity index (χ3n) is 4.51. The van der Waals surface area contributed by atoms with Crippen LogP contribution in [0.1, 0.15) is 30.7 Å². The quantitative estimate of drug-likeness (QED) is 0.631. The lowest BCUT2D eigenvalue weighted by Crippen LogP contribution is -2.32. The Morgan fingerprint density at radius 3 is 2.24 bits per heavy atom. The molecule has 0 aliphatic heterocycles. The molecule has 1 aromatic heterocycles. The second-order valence-electron chi connectivity index (χ2n) is 7.52. The van der Waals surface area contributed by atoms with Crippen molar-refractivity contribution in [1.82, 2.24) is 0 Å². The van der Waals surface area contributed by atoms with Gasteiger partial charge in [-0.2, -0.15) is 0 Å². The van der Waals surface area contributed by atoms with Gasteiger partial charge in [0.2, 0.25) is 11.2 Å². The molecule has 6 nitrogen and oxygen atoms in total. The van der Waals surface area contributed by atoms with Crippen LogP contribution < -0.4 is 14.9 Å². The van der Waals surface area contributed by atoms with Crippen LogP contribution in [0.4, 0.5) is 0 Å². The Morgan fingerprint density at radius 1 is 1.00 bits per heavy atom. The number of aliphatic carboxylic acids is 1. The molecular weight excluding hydrogens is 372 g/mol. The highest BCUT2D eigenvalue weighted by molar-refractivity contribution is 5.80. The molecule has 0 saturated carbocycles. The second kappa shape index (κ2) is 7.99. The summed E-state index contributed by atoms with van der Waals surface area (Å²) >= 11 is 0. The Bertz CT molecular complexity index is 1110. The molecule has 1 unspecified atom stereocenters. The summed E-state index contributed by atoms with van der Waals surface area (Å²) in [5.41, 5.74) is 2.07. The van der Waals surface area contributed by atoms with Gasteiger partial charge in [-0.3, -0.25) is 4.79 Å². The molecule has 1 N–H and O–H groups in total. The molecule has 0 saturated heterocycles. The van der Waals surface area contributed by atoms with Crippen molar-refractivity contribution in [1.29, 1.82) is 0 Å². The maximum absolute atomic E-state index is 13.0. The lowest BCUT2D eigenvalue weighted by atomic mass is 10.1. The summed E-state index contributed by atoms with van der Waals surface area (Å²) in [6.45, 7) is 9.10. The molecule has 0 fully saturated rings. The van der Waals surface area contributed by atoms with Crippen molar-refractivity contribution in [3.05, 3.63) is 63.5 Å². The number of hydrogen-bond donors (Lipinski definition) is 1. The summed E-state index contributed by atoms with van der Waals surface area (Å²) < 4.78 is 17.2. The monoisotopic (exact) mass is 396 g/mol. The van der Waals surface area contributed by atoms with Crippen LogP contribution in [0.3, 0.4) is 0 Å². The third kappa shape index (κ3) is 4.42. The lowest BCUT2D eigenvalue weighted by Gasteiger charge is -2.18. The number of ether oxygens (including phenoxy) is 2. The Kier molecular flexibility index (Phi) is 5.64. The third-order valence-corrected chi connectivity index (χ3v) is 4.51. The topological polar surface area (TPSA) is 86.0 Å². The minimum Gasteiger partial charge on any atom is -0.478 e. The molecule has 152 valence electrons. The van der Waals surface area contributed by atoms with Gasteiger partial charge in [-0.05, 0) is 56.2 Å². The van der Waals surface area contributed by atoms with Crippen LogP contribution in [0.5, 0.6) is 17.2 Å². The van der Waals surface area contributed by atoms with Gasteiger partial charge in [-0.1, -0.05) is 19.9 Å². The fourth-order valence-corrected chi connectivity index (χ4v) is 3.19. The molecule has 0 radical (unpaired) electrons. The average Bonchev–Trinajstić information content (AvgIpc) is 2.61. The van der Waals surface area contributed by atoms with E-state index in [1.165, 1.54) is 6.07 Å². The zero-order chi connectivity index (χ0) is 21.3. The lowest BCUT2D eigenvalue weighted by molar-refractivity contribution is -0.147. The normalized spacial score (nSPS) is 12.2. The first-order valence-electron chi connectivity index (χ1n) is 9.38. The Labute approximate surface area is 168 Å². The Morgan fingerprint density at radius 2 is 1.66 bits per heavy atom. The molecule has 0 aliphatic carbocycles. The van der Waals surface area contributed by atoms with E-state index in [1.54, 1.807) is 32.9 Å². The molecule has 3 aromatic rings. The summed E-state index contributed by atoms with van der Waals surface area (Å²) in [4.78, 5) is 24.3. The summed E-state index contributed by atoms with van der Waals surface area (Å²) in [6, 6.07) is 10.4. The number of carboxylic acid groups (broad SMARTS) is 1. The van der Waals surface area contributed by atoms with Crippen LogP contribution in [0.25, 0.3) is 11.0 Å². The number of fused-ring (bicyclic) bond motifs is 1. The van der Waals surface area contributed by atoms with E-state index in [2.05, 4.69) is 0 Å². The molecule has 29 heavy (non-hydrogen) atoms. The SMILES string of the molecule is Cc1cc(C)cc(Oc2c(C)oc3cc(OC(C(=O)O)C(C)C)ccc3c2=O)c1. The van der Waals surface area contributed by atoms with Crippen molar-refractivity contribution in [3.8, 4) is 17.2 Å². The smallest absolute Gasteiger partial charge is 0.345 e. The summed E-state index contributed by atoms with van der Waals surface area (Å²) in [5, 5.41) is 9.64. The van der Waals surface area contributed by atoms with Gasteiger partial charge >= 0.3 is 5.97 Å². The first-order valence-corrected chi connectivity index (χ1v) is 9.38. The van der Waals surface area contributed by atoms with Crippen molar-refractivity contribution in [2.75, 3.05) is 0 Å². The van der Waals surface area contributed by atoms with E-state index < -0.39 is 12.1 Å². The predicted octanol–water partition coefficient (Wildman–Crippen LogP) is 5.00. The molecule has 0 spiro atoms. The highest BCUT2D eigenvalue weighted by Gasteiger charge is 2.24. The summed E-state index contributed by atoms with van der Waals surface area (Å²) in [7, 11) is 0. The molecule has 0 amide bonds. The van der Waals surface area contributed by atoms with Crippen molar-refractivity contribution < 1.29 is 23.8 Å². The van der Waals surface area contributed by atoms with Crippen LogP contribution in [-0.2, 0) is 4.79 Å². The van der Waals surface area contributed by atoms with Gasteiger partial charge in [0.15, 0.2) is 6.10 Å². The zero-order valence-electron chi connectivity index (χ0n) is 17.1. The van der Waals surface area contributed by atoms with Crippen molar-refractivity contribution in [2.24, 2.45) is 5.92 Å². The van der Waals surface area contributed by atoms with Crippen LogP contribution in [0.2, 0.25) is 0 Å². The van der Waals surface area contributed by atoms with E-state index in [4.69, 9.17) is 13.9 Å². The molecule has 3 rings (SSSR count). The maximum atomic E-state index is 13.0. The molecule has 1 heterocycles. The Balaban J connectivity index is 1.99. The number of carbonyl (C=O) groups is 1. The van der Waals surface area contributed by atoms with Crippen LogP contribution in [-0.4, -0.2) is 17.2 Å². The molecular formula is C23H24O6. The number of rotatable bonds is 6. The summed E-state index contributed by atoms with van der Waals surface area (Å²) in [6.07, 6.45) is -0.993. The number of benzene rings is 2. The van der Waals surface area contributed by atoms with Crippen LogP contribution in [0, 0.1) is 26.7 Å². The van der Waals surface area contributed by atoms with Crippen LogP contribution in [0.15, 0.2) is 45.6 Å². The predicted molar refractivity (Wildman–Crippen MR) is 110 cm³/mol. The summed E-state index contributed by atoms with van der Waals surface area (Å²) in [5.74, 6) is 0.0854. The second-order valence-corrected chi connectivity index (χ2v) is 7.52. The van der Waals surface area contributed by atoms with E-state index in [1.807, 2.05) is 32.0 Å². The van der Waals surface area contributed by atoms with Crippen molar-refractivity contribution in [2.45, 2.75) is 40.7 Å². The van der Waals surface area contributed by atoms with Gasteiger partial charge < -0.3 is 19.0 Å². The molecule has 0 bridgehead atoms. The minimum absolute atomic E-state index is 0.127. The molecule has 2 aromatic carbocycles. The number of carboxylic acids is 1. The molecule has 1 atom stereocenters. The van der Waals surface area contributed by atoms with Gasteiger partial charge in [0.1, 0.15) is 22.8 Å². The Hall–Kier alpha value is -3.28. The highest BCUT2D eigenvalue weighted by atomic mass is 16.5. The highest BCUT2D eigenvalue weighted by Crippen LogP contribution is 2.29. The first kappa shape index (κ1) is 20.5.